The highest BCUT2D eigenvalue weighted by Crippen LogP contribution is 2.42. The van der Waals surface area contributed by atoms with Crippen LogP contribution in [-0.2, 0) is 0 Å². The lowest BCUT2D eigenvalue weighted by atomic mass is 9.83. The molecule has 0 fully saturated rings. The predicted molar refractivity (Wildman–Crippen MR) is 67.0 cm³/mol. The van der Waals surface area contributed by atoms with Crippen molar-refractivity contribution in [1.82, 2.24) is 0 Å². The van der Waals surface area contributed by atoms with Crippen LogP contribution in [0.2, 0.25) is 0 Å². The van der Waals surface area contributed by atoms with Gasteiger partial charge in [0.15, 0.2) is 0 Å². The number of terminal acetylenes is 1. The molecule has 76 valence electrons. The van der Waals surface area contributed by atoms with Crippen LogP contribution in [0.4, 0.5) is 0 Å². The van der Waals surface area contributed by atoms with E-state index in [0.29, 0.717) is 5.92 Å². The quantitative estimate of drug-likeness (QED) is 0.507. The molecule has 1 aliphatic heterocycles. The number of fused-ring (bicyclic) bond motifs is 1. The number of allylic oxidation sites excluding steroid dienone is 1. The van der Waals surface area contributed by atoms with Gasteiger partial charge in [-0.25, -0.2) is 0 Å². The van der Waals surface area contributed by atoms with Gasteiger partial charge in [0.05, 0.1) is 5.92 Å². The highest BCUT2D eigenvalue weighted by Gasteiger charge is 2.28. The fraction of sp³-hybridized carbons (Fsp3) is 0.286. The minimum atomic E-state index is 0.208. The van der Waals surface area contributed by atoms with Crippen LogP contribution in [0.3, 0.4) is 0 Å². The zero-order valence-corrected chi connectivity index (χ0v) is 9.68. The van der Waals surface area contributed by atoms with E-state index in [-0.39, 0.29) is 5.92 Å². The molecule has 0 nitrogen and oxygen atoms in total. The van der Waals surface area contributed by atoms with Gasteiger partial charge in [-0.05, 0) is 18.6 Å². The Balaban J connectivity index is 2.44. The minimum absolute atomic E-state index is 0.208. The molecule has 2 atom stereocenters. The molecule has 0 saturated heterocycles. The van der Waals surface area contributed by atoms with Crippen molar-refractivity contribution in [2.45, 2.75) is 17.7 Å². The topological polar surface area (TPSA) is 0 Å². The van der Waals surface area contributed by atoms with Crippen LogP contribution in [0, 0.1) is 18.3 Å². The number of benzene rings is 1. The lowest BCUT2D eigenvalue weighted by Gasteiger charge is -2.30. The normalized spacial score (nSPS) is 24.0. The summed E-state index contributed by atoms with van der Waals surface area (Å²) in [4.78, 5) is 1.33. The summed E-state index contributed by atoms with van der Waals surface area (Å²) in [5.41, 5.74) is 2.49. The van der Waals surface area contributed by atoms with E-state index in [4.69, 9.17) is 6.42 Å². The highest BCUT2D eigenvalue weighted by atomic mass is 32.2. The van der Waals surface area contributed by atoms with Crippen molar-refractivity contribution in [3.05, 3.63) is 42.0 Å². The van der Waals surface area contributed by atoms with Gasteiger partial charge in [0.25, 0.3) is 0 Å². The van der Waals surface area contributed by atoms with Gasteiger partial charge in [0.2, 0.25) is 0 Å². The Morgan fingerprint density at radius 1 is 1.53 bits per heavy atom. The van der Waals surface area contributed by atoms with Crippen LogP contribution < -0.4 is 0 Å². The Labute approximate surface area is 95.8 Å². The average molecular weight is 214 g/mol. The summed E-state index contributed by atoms with van der Waals surface area (Å²) in [6, 6.07) is 8.42. The molecular formula is C14H14S. The smallest absolute Gasteiger partial charge is 0.0533 e. The summed E-state index contributed by atoms with van der Waals surface area (Å²) in [7, 11) is 0. The van der Waals surface area contributed by atoms with E-state index in [1.807, 2.05) is 11.8 Å². The lowest BCUT2D eigenvalue weighted by Crippen LogP contribution is -2.19. The molecule has 1 aromatic rings. The first-order chi connectivity index (χ1) is 7.24. The summed E-state index contributed by atoms with van der Waals surface area (Å²) < 4.78 is 0. The standard InChI is InChI=1S/C14H14S/c1-4-11-12-7-5-6-8-14(12)15-9-13(11)10(2)3/h1,5-8,11,13H,2,9H2,3H3. The van der Waals surface area contributed by atoms with E-state index in [1.165, 1.54) is 16.0 Å². The van der Waals surface area contributed by atoms with Gasteiger partial charge in [0, 0.05) is 16.6 Å². The largest absolute Gasteiger partial charge is 0.125 e. The van der Waals surface area contributed by atoms with Crippen LogP contribution in [0.5, 0.6) is 0 Å². The summed E-state index contributed by atoms with van der Waals surface area (Å²) in [5, 5.41) is 0. The second-order valence-electron chi connectivity index (χ2n) is 3.95. The Kier molecular flexibility index (Phi) is 2.88. The Morgan fingerprint density at radius 2 is 2.27 bits per heavy atom. The van der Waals surface area contributed by atoms with Gasteiger partial charge in [0.1, 0.15) is 0 Å². The average Bonchev–Trinajstić information content (AvgIpc) is 2.27. The first-order valence-electron chi connectivity index (χ1n) is 5.07. The third kappa shape index (κ3) is 1.82. The molecule has 2 rings (SSSR count). The van der Waals surface area contributed by atoms with Gasteiger partial charge in [-0.1, -0.05) is 36.3 Å². The fourth-order valence-corrected chi connectivity index (χ4v) is 3.37. The third-order valence-corrected chi connectivity index (χ3v) is 4.10. The lowest BCUT2D eigenvalue weighted by molar-refractivity contribution is 0.614. The molecule has 1 aromatic carbocycles. The van der Waals surface area contributed by atoms with Crippen LogP contribution in [0.25, 0.3) is 0 Å². The molecular weight excluding hydrogens is 200 g/mol. The second-order valence-corrected chi connectivity index (χ2v) is 5.01. The van der Waals surface area contributed by atoms with Crippen molar-refractivity contribution in [3.63, 3.8) is 0 Å². The Morgan fingerprint density at radius 3 is 2.93 bits per heavy atom. The number of hydrogen-bond acceptors (Lipinski definition) is 1. The zero-order valence-electron chi connectivity index (χ0n) is 8.86. The van der Waals surface area contributed by atoms with Crippen molar-refractivity contribution in [2.24, 2.45) is 5.92 Å². The highest BCUT2D eigenvalue weighted by molar-refractivity contribution is 7.99. The zero-order chi connectivity index (χ0) is 10.8. The van der Waals surface area contributed by atoms with Crippen LogP contribution in [-0.4, -0.2) is 5.75 Å². The molecule has 0 aromatic heterocycles. The van der Waals surface area contributed by atoms with E-state index in [2.05, 4.69) is 43.7 Å². The SMILES string of the molecule is C#CC1c2ccccc2SCC1C(=C)C. The van der Waals surface area contributed by atoms with Crippen molar-refractivity contribution < 1.29 is 0 Å². The van der Waals surface area contributed by atoms with Crippen molar-refractivity contribution in [1.29, 1.82) is 0 Å². The van der Waals surface area contributed by atoms with Crippen LogP contribution >= 0.6 is 11.8 Å². The molecule has 1 heterocycles. The van der Waals surface area contributed by atoms with Crippen molar-refractivity contribution in [2.75, 3.05) is 5.75 Å². The maximum atomic E-state index is 5.65. The second kappa shape index (κ2) is 4.16. The number of thioether (sulfide) groups is 1. The van der Waals surface area contributed by atoms with Crippen molar-refractivity contribution >= 4 is 11.8 Å². The van der Waals surface area contributed by atoms with Crippen LogP contribution in [0.15, 0.2) is 41.3 Å². The molecule has 0 N–H and O–H groups in total. The predicted octanol–water partition coefficient (Wildman–Crippen LogP) is 3.70. The van der Waals surface area contributed by atoms with E-state index >= 15 is 0 Å². The molecule has 1 heteroatoms. The minimum Gasteiger partial charge on any atom is -0.125 e. The van der Waals surface area contributed by atoms with E-state index < -0.39 is 0 Å². The van der Waals surface area contributed by atoms with Gasteiger partial charge in [-0.3, -0.25) is 0 Å². The van der Waals surface area contributed by atoms with Crippen molar-refractivity contribution in [3.8, 4) is 12.3 Å². The van der Waals surface area contributed by atoms with Gasteiger partial charge in [-0.15, -0.1) is 18.2 Å². The molecule has 0 amide bonds. The molecule has 0 aliphatic carbocycles. The maximum Gasteiger partial charge on any atom is 0.0533 e. The summed E-state index contributed by atoms with van der Waals surface area (Å²) in [5.74, 6) is 4.61. The third-order valence-electron chi connectivity index (χ3n) is 2.89. The fourth-order valence-electron chi connectivity index (χ4n) is 1.99. The molecule has 0 saturated carbocycles. The molecule has 0 spiro atoms. The van der Waals surface area contributed by atoms with Crippen LogP contribution in [0.1, 0.15) is 18.4 Å². The summed E-state index contributed by atoms with van der Waals surface area (Å²) in [6.45, 7) is 6.11. The Hall–Kier alpha value is -1.13. The van der Waals surface area contributed by atoms with E-state index in [0.717, 1.165) is 5.75 Å². The molecule has 15 heavy (non-hydrogen) atoms. The molecule has 0 bridgehead atoms. The van der Waals surface area contributed by atoms with E-state index in [1.54, 1.807) is 0 Å². The molecule has 2 unspecified atom stereocenters. The number of hydrogen-bond donors (Lipinski definition) is 0. The Bertz CT molecular complexity index is 425. The van der Waals surface area contributed by atoms with Gasteiger partial charge >= 0.3 is 0 Å². The summed E-state index contributed by atoms with van der Waals surface area (Å²) >= 11 is 1.89. The maximum absolute atomic E-state index is 5.65. The van der Waals surface area contributed by atoms with Gasteiger partial charge in [-0.2, -0.15) is 0 Å². The summed E-state index contributed by atoms with van der Waals surface area (Å²) in [6.07, 6.45) is 5.65. The first-order valence-corrected chi connectivity index (χ1v) is 6.06. The first kappa shape index (κ1) is 10.4. The molecule has 0 radical (unpaired) electrons. The van der Waals surface area contributed by atoms with Gasteiger partial charge < -0.3 is 0 Å². The monoisotopic (exact) mass is 214 g/mol. The molecule has 1 aliphatic rings. The number of rotatable bonds is 1. The van der Waals surface area contributed by atoms with E-state index in [9.17, 15) is 0 Å².